The monoisotopic (exact) mass is 338 g/mol. The third kappa shape index (κ3) is 4.83. The zero-order valence-electron chi connectivity index (χ0n) is 14.8. The highest BCUT2D eigenvalue weighted by atomic mass is 16.5. The number of hydrogen-bond acceptors (Lipinski definition) is 3. The van der Waals surface area contributed by atoms with E-state index >= 15 is 0 Å². The molecule has 0 spiro atoms. The molecule has 2 aromatic carbocycles. The quantitative estimate of drug-likeness (QED) is 0.790. The number of amides is 1. The minimum Gasteiger partial charge on any atom is -0.497 e. The molecule has 25 heavy (non-hydrogen) atoms. The number of carbonyl (C=O) groups excluding carboxylic acids is 1. The van der Waals surface area contributed by atoms with Gasteiger partial charge in [0.05, 0.1) is 7.11 Å². The molecule has 0 bridgehead atoms. The number of nitrogens with one attached hydrogen (secondary N) is 1. The number of fused-ring (bicyclic) bond motifs is 1. The van der Waals surface area contributed by atoms with Gasteiger partial charge in [0, 0.05) is 26.1 Å². The molecule has 1 aliphatic rings. The Morgan fingerprint density at radius 3 is 2.80 bits per heavy atom. The first-order chi connectivity index (χ1) is 12.3. The predicted molar refractivity (Wildman–Crippen MR) is 99.7 cm³/mol. The third-order valence-electron chi connectivity index (χ3n) is 4.72. The Labute approximate surface area is 149 Å². The van der Waals surface area contributed by atoms with E-state index in [1.165, 1.54) is 16.7 Å². The Bertz CT molecular complexity index is 715. The predicted octanol–water partition coefficient (Wildman–Crippen LogP) is 2.80. The molecule has 1 amide bonds. The number of methoxy groups -OCH3 is 1. The van der Waals surface area contributed by atoms with E-state index in [0.29, 0.717) is 6.42 Å². The van der Waals surface area contributed by atoms with Crippen molar-refractivity contribution in [2.45, 2.75) is 25.8 Å². The summed E-state index contributed by atoms with van der Waals surface area (Å²) in [6.07, 6.45) is 2.45. The zero-order chi connectivity index (χ0) is 17.5. The molecular formula is C21H26N2O2. The number of carbonyl (C=O) groups is 1. The number of ether oxygens (including phenoxy) is 1. The van der Waals surface area contributed by atoms with Gasteiger partial charge in [-0.3, -0.25) is 4.79 Å². The van der Waals surface area contributed by atoms with Crippen LogP contribution >= 0.6 is 0 Å². The summed E-state index contributed by atoms with van der Waals surface area (Å²) in [6, 6.07) is 16.5. The SMILES string of the molecule is COc1cccc(CCNCCC(=O)N2CCc3ccccc3C2)c1. The molecular weight excluding hydrogens is 312 g/mol. The fourth-order valence-corrected chi connectivity index (χ4v) is 3.25. The van der Waals surface area contributed by atoms with Gasteiger partial charge in [0.25, 0.3) is 0 Å². The molecule has 4 nitrogen and oxygen atoms in total. The van der Waals surface area contributed by atoms with Crippen molar-refractivity contribution in [3.05, 3.63) is 65.2 Å². The van der Waals surface area contributed by atoms with E-state index in [-0.39, 0.29) is 5.91 Å². The Kier molecular flexibility index (Phi) is 6.07. The molecule has 132 valence electrons. The molecule has 0 unspecified atom stereocenters. The normalized spacial score (nSPS) is 13.4. The average molecular weight is 338 g/mol. The van der Waals surface area contributed by atoms with E-state index in [9.17, 15) is 4.79 Å². The van der Waals surface area contributed by atoms with Gasteiger partial charge in [-0.2, -0.15) is 0 Å². The summed E-state index contributed by atoms with van der Waals surface area (Å²) in [7, 11) is 1.68. The maximum absolute atomic E-state index is 12.4. The van der Waals surface area contributed by atoms with Crippen LogP contribution in [0, 0.1) is 0 Å². The first-order valence-electron chi connectivity index (χ1n) is 8.94. The first-order valence-corrected chi connectivity index (χ1v) is 8.94. The van der Waals surface area contributed by atoms with Crippen LogP contribution in [0.1, 0.15) is 23.1 Å². The lowest BCUT2D eigenvalue weighted by Gasteiger charge is -2.29. The lowest BCUT2D eigenvalue weighted by molar-refractivity contribution is -0.132. The molecule has 2 aromatic rings. The van der Waals surface area contributed by atoms with Crippen LogP contribution in [-0.2, 0) is 24.2 Å². The van der Waals surface area contributed by atoms with Gasteiger partial charge in [-0.25, -0.2) is 0 Å². The molecule has 0 aliphatic carbocycles. The Morgan fingerprint density at radius 2 is 1.96 bits per heavy atom. The molecule has 1 heterocycles. The van der Waals surface area contributed by atoms with Crippen molar-refractivity contribution < 1.29 is 9.53 Å². The summed E-state index contributed by atoms with van der Waals surface area (Å²) >= 11 is 0. The summed E-state index contributed by atoms with van der Waals surface area (Å²) < 4.78 is 5.24. The van der Waals surface area contributed by atoms with Crippen molar-refractivity contribution >= 4 is 5.91 Å². The number of nitrogens with zero attached hydrogens (tertiary/aromatic N) is 1. The summed E-state index contributed by atoms with van der Waals surface area (Å²) in [5, 5.41) is 3.37. The summed E-state index contributed by atoms with van der Waals surface area (Å²) in [4.78, 5) is 14.4. The van der Waals surface area contributed by atoms with Crippen molar-refractivity contribution in [2.24, 2.45) is 0 Å². The van der Waals surface area contributed by atoms with Crippen molar-refractivity contribution in [2.75, 3.05) is 26.7 Å². The van der Waals surface area contributed by atoms with E-state index in [4.69, 9.17) is 4.74 Å². The van der Waals surface area contributed by atoms with Crippen molar-refractivity contribution in [1.29, 1.82) is 0 Å². The standard InChI is InChI=1S/C21H26N2O2/c1-25-20-8-4-5-17(15-20)9-12-22-13-10-21(24)23-14-11-18-6-2-3-7-19(18)16-23/h2-8,15,22H,9-14,16H2,1H3. The molecule has 0 saturated carbocycles. The van der Waals surface area contributed by atoms with Gasteiger partial charge < -0.3 is 15.0 Å². The highest BCUT2D eigenvalue weighted by Gasteiger charge is 2.19. The largest absolute Gasteiger partial charge is 0.497 e. The fraction of sp³-hybridized carbons (Fsp3) is 0.381. The molecule has 0 atom stereocenters. The van der Waals surface area contributed by atoms with Crippen LogP contribution in [0.3, 0.4) is 0 Å². The number of benzene rings is 2. The average Bonchev–Trinajstić information content (AvgIpc) is 2.67. The van der Waals surface area contributed by atoms with Gasteiger partial charge in [-0.1, -0.05) is 36.4 Å². The second-order valence-electron chi connectivity index (χ2n) is 6.44. The minimum atomic E-state index is 0.239. The lowest BCUT2D eigenvalue weighted by atomic mass is 10.00. The van der Waals surface area contributed by atoms with Crippen LogP contribution in [0.2, 0.25) is 0 Å². The summed E-state index contributed by atoms with van der Waals surface area (Å²) in [6.45, 7) is 3.17. The van der Waals surface area contributed by atoms with Gasteiger partial charge in [-0.05, 0) is 48.2 Å². The van der Waals surface area contributed by atoms with Gasteiger partial charge >= 0.3 is 0 Å². The molecule has 3 rings (SSSR count). The summed E-state index contributed by atoms with van der Waals surface area (Å²) in [5.74, 6) is 1.13. The van der Waals surface area contributed by atoms with Crippen LogP contribution in [0.15, 0.2) is 48.5 Å². The van der Waals surface area contributed by atoms with Gasteiger partial charge in [-0.15, -0.1) is 0 Å². The van der Waals surface area contributed by atoms with Crippen LogP contribution in [0.5, 0.6) is 5.75 Å². The van der Waals surface area contributed by atoms with E-state index in [1.54, 1.807) is 7.11 Å². The van der Waals surface area contributed by atoms with E-state index in [0.717, 1.165) is 44.8 Å². The van der Waals surface area contributed by atoms with Crippen molar-refractivity contribution in [3.8, 4) is 5.75 Å². The molecule has 4 heteroatoms. The van der Waals surface area contributed by atoms with Crippen LogP contribution in [0.25, 0.3) is 0 Å². The van der Waals surface area contributed by atoms with Gasteiger partial charge in [0.15, 0.2) is 0 Å². The molecule has 0 aromatic heterocycles. The van der Waals surface area contributed by atoms with E-state index in [2.05, 4.69) is 35.6 Å². The maximum Gasteiger partial charge on any atom is 0.224 e. The highest BCUT2D eigenvalue weighted by Crippen LogP contribution is 2.18. The summed E-state index contributed by atoms with van der Waals surface area (Å²) in [5.41, 5.74) is 3.90. The minimum absolute atomic E-state index is 0.239. The van der Waals surface area contributed by atoms with Gasteiger partial charge in [0.1, 0.15) is 5.75 Å². The smallest absolute Gasteiger partial charge is 0.224 e. The topological polar surface area (TPSA) is 41.6 Å². The Balaban J connectivity index is 1.37. The Morgan fingerprint density at radius 1 is 1.12 bits per heavy atom. The van der Waals surface area contributed by atoms with Crippen LogP contribution in [0.4, 0.5) is 0 Å². The van der Waals surface area contributed by atoms with Crippen molar-refractivity contribution in [1.82, 2.24) is 10.2 Å². The van der Waals surface area contributed by atoms with Crippen LogP contribution < -0.4 is 10.1 Å². The molecule has 0 fully saturated rings. The fourth-order valence-electron chi connectivity index (χ4n) is 3.25. The first kappa shape index (κ1) is 17.5. The molecule has 0 saturated heterocycles. The van der Waals surface area contributed by atoms with Crippen LogP contribution in [-0.4, -0.2) is 37.6 Å². The molecule has 0 radical (unpaired) electrons. The molecule has 1 N–H and O–H groups in total. The third-order valence-corrected chi connectivity index (χ3v) is 4.72. The highest BCUT2D eigenvalue weighted by molar-refractivity contribution is 5.76. The van der Waals surface area contributed by atoms with E-state index < -0.39 is 0 Å². The maximum atomic E-state index is 12.4. The second-order valence-corrected chi connectivity index (χ2v) is 6.44. The Hall–Kier alpha value is -2.33. The zero-order valence-corrected chi connectivity index (χ0v) is 14.8. The number of rotatable bonds is 7. The van der Waals surface area contributed by atoms with Gasteiger partial charge in [0.2, 0.25) is 5.91 Å². The van der Waals surface area contributed by atoms with Crippen molar-refractivity contribution in [3.63, 3.8) is 0 Å². The number of hydrogen-bond donors (Lipinski definition) is 1. The second kappa shape index (κ2) is 8.67. The molecule has 1 aliphatic heterocycles. The van der Waals surface area contributed by atoms with E-state index in [1.807, 2.05) is 23.1 Å². The lowest BCUT2D eigenvalue weighted by Crippen LogP contribution is -2.37.